The average Bonchev–Trinajstić information content (AvgIpc) is 2.74. The fourth-order valence-corrected chi connectivity index (χ4v) is 1.43. The van der Waals surface area contributed by atoms with Crippen molar-refractivity contribution in [2.45, 2.75) is 20.5 Å². The van der Waals surface area contributed by atoms with Crippen LogP contribution in [0.4, 0.5) is 0 Å². The van der Waals surface area contributed by atoms with Gasteiger partial charge in [0, 0.05) is 0 Å². The molecule has 1 aromatic carbocycles. The lowest BCUT2D eigenvalue weighted by atomic mass is 10.1. The van der Waals surface area contributed by atoms with Crippen LogP contribution in [0.5, 0.6) is 5.75 Å². The minimum absolute atomic E-state index is 0.116. The van der Waals surface area contributed by atoms with Gasteiger partial charge in [-0.1, -0.05) is 11.2 Å². The number of hydrogen-bond acceptors (Lipinski definition) is 5. The van der Waals surface area contributed by atoms with Crippen LogP contribution < -0.4 is 4.74 Å². The number of nitrogens with zero attached hydrogens (tertiary/aromatic N) is 2. The molecule has 0 saturated heterocycles. The SMILES string of the molecule is Cc1noc(COc2cc(C(=O)O)ccc2C)n1. The zero-order valence-electron chi connectivity index (χ0n) is 10.0. The van der Waals surface area contributed by atoms with E-state index in [4.69, 9.17) is 14.4 Å². The molecule has 0 aliphatic heterocycles. The Morgan fingerprint density at radius 3 is 2.83 bits per heavy atom. The van der Waals surface area contributed by atoms with Crippen LogP contribution in [0, 0.1) is 13.8 Å². The first-order chi connectivity index (χ1) is 8.56. The number of carboxylic acid groups (broad SMARTS) is 1. The predicted octanol–water partition coefficient (Wildman–Crippen LogP) is 1.96. The summed E-state index contributed by atoms with van der Waals surface area (Å²) in [7, 11) is 0. The van der Waals surface area contributed by atoms with E-state index in [9.17, 15) is 4.79 Å². The molecule has 0 spiro atoms. The van der Waals surface area contributed by atoms with Gasteiger partial charge < -0.3 is 14.4 Å². The van der Waals surface area contributed by atoms with E-state index in [1.54, 1.807) is 13.0 Å². The van der Waals surface area contributed by atoms with Crippen molar-refractivity contribution >= 4 is 5.97 Å². The number of rotatable bonds is 4. The molecule has 94 valence electrons. The van der Waals surface area contributed by atoms with Crippen molar-refractivity contribution in [3.8, 4) is 5.75 Å². The van der Waals surface area contributed by atoms with E-state index >= 15 is 0 Å². The van der Waals surface area contributed by atoms with E-state index in [0.29, 0.717) is 17.5 Å². The first-order valence-electron chi connectivity index (χ1n) is 5.32. The molecule has 6 heteroatoms. The molecular formula is C12H12N2O4. The van der Waals surface area contributed by atoms with Crippen molar-refractivity contribution in [2.24, 2.45) is 0 Å². The molecule has 1 heterocycles. The van der Waals surface area contributed by atoms with Crippen LogP contribution >= 0.6 is 0 Å². The molecule has 2 aromatic rings. The van der Waals surface area contributed by atoms with Gasteiger partial charge in [-0.15, -0.1) is 0 Å². The summed E-state index contributed by atoms with van der Waals surface area (Å²) in [6, 6.07) is 4.69. The molecule has 1 N–H and O–H groups in total. The zero-order valence-corrected chi connectivity index (χ0v) is 10.0. The van der Waals surface area contributed by atoms with E-state index in [0.717, 1.165) is 5.56 Å². The smallest absolute Gasteiger partial charge is 0.335 e. The van der Waals surface area contributed by atoms with Crippen LogP contribution in [0.15, 0.2) is 22.7 Å². The number of hydrogen-bond donors (Lipinski definition) is 1. The Hall–Kier alpha value is -2.37. The van der Waals surface area contributed by atoms with Gasteiger partial charge in [0.15, 0.2) is 12.4 Å². The highest BCUT2D eigenvalue weighted by molar-refractivity contribution is 5.88. The third-order valence-electron chi connectivity index (χ3n) is 2.36. The lowest BCUT2D eigenvalue weighted by Gasteiger charge is -2.07. The number of carboxylic acids is 1. The summed E-state index contributed by atoms with van der Waals surface area (Å²) in [5, 5.41) is 12.5. The molecule has 0 saturated carbocycles. The highest BCUT2D eigenvalue weighted by Gasteiger charge is 2.09. The van der Waals surface area contributed by atoms with Crippen LogP contribution in [0.25, 0.3) is 0 Å². The molecule has 0 aliphatic rings. The number of aromatic carboxylic acids is 1. The van der Waals surface area contributed by atoms with Gasteiger partial charge in [-0.25, -0.2) is 4.79 Å². The second kappa shape index (κ2) is 4.87. The molecule has 1 aromatic heterocycles. The molecule has 6 nitrogen and oxygen atoms in total. The summed E-state index contributed by atoms with van der Waals surface area (Å²) in [6.07, 6.45) is 0. The highest BCUT2D eigenvalue weighted by atomic mass is 16.5. The maximum Gasteiger partial charge on any atom is 0.335 e. The standard InChI is InChI=1S/C12H12N2O4/c1-7-3-4-9(12(15)16)5-10(7)17-6-11-13-8(2)14-18-11/h3-5H,6H2,1-2H3,(H,15,16). The van der Waals surface area contributed by atoms with Crippen molar-refractivity contribution in [2.75, 3.05) is 0 Å². The maximum atomic E-state index is 10.8. The summed E-state index contributed by atoms with van der Waals surface area (Å²) in [4.78, 5) is 14.8. The molecule has 0 fully saturated rings. The molecule has 0 aliphatic carbocycles. The van der Waals surface area contributed by atoms with Crippen molar-refractivity contribution in [3.63, 3.8) is 0 Å². The zero-order chi connectivity index (χ0) is 13.1. The predicted molar refractivity (Wildman–Crippen MR) is 61.5 cm³/mol. The van der Waals surface area contributed by atoms with E-state index in [-0.39, 0.29) is 12.2 Å². The largest absolute Gasteiger partial charge is 0.483 e. The highest BCUT2D eigenvalue weighted by Crippen LogP contribution is 2.20. The Kier molecular flexibility index (Phi) is 3.27. The Morgan fingerprint density at radius 2 is 2.22 bits per heavy atom. The number of aromatic nitrogens is 2. The first-order valence-corrected chi connectivity index (χ1v) is 5.32. The Morgan fingerprint density at radius 1 is 1.44 bits per heavy atom. The third kappa shape index (κ3) is 2.65. The first kappa shape index (κ1) is 12.1. The van der Waals surface area contributed by atoms with E-state index in [1.165, 1.54) is 12.1 Å². The van der Waals surface area contributed by atoms with Gasteiger partial charge in [-0.2, -0.15) is 4.98 Å². The van der Waals surface area contributed by atoms with Crippen molar-refractivity contribution in [1.82, 2.24) is 10.1 Å². The van der Waals surface area contributed by atoms with E-state index < -0.39 is 5.97 Å². The van der Waals surface area contributed by atoms with Gasteiger partial charge in [0.1, 0.15) is 5.75 Å². The maximum absolute atomic E-state index is 10.8. The number of carbonyl (C=O) groups is 1. The normalized spacial score (nSPS) is 10.3. The Bertz CT molecular complexity index is 577. The van der Waals surface area contributed by atoms with Crippen molar-refractivity contribution < 1.29 is 19.2 Å². The van der Waals surface area contributed by atoms with Crippen LogP contribution in [-0.4, -0.2) is 21.2 Å². The monoisotopic (exact) mass is 248 g/mol. The van der Waals surface area contributed by atoms with Crippen LogP contribution in [0.1, 0.15) is 27.6 Å². The molecule has 0 unspecified atom stereocenters. The lowest BCUT2D eigenvalue weighted by Crippen LogP contribution is -2.01. The van der Waals surface area contributed by atoms with Gasteiger partial charge >= 0.3 is 5.97 Å². The molecule has 0 atom stereocenters. The molecule has 0 bridgehead atoms. The molecule has 2 rings (SSSR count). The second-order valence-corrected chi connectivity index (χ2v) is 3.81. The third-order valence-corrected chi connectivity index (χ3v) is 2.36. The molecule has 18 heavy (non-hydrogen) atoms. The van der Waals surface area contributed by atoms with Gasteiger partial charge in [-0.3, -0.25) is 0 Å². The fourth-order valence-electron chi connectivity index (χ4n) is 1.43. The minimum Gasteiger partial charge on any atom is -0.483 e. The van der Waals surface area contributed by atoms with Gasteiger partial charge in [0.2, 0.25) is 0 Å². The molecule has 0 radical (unpaired) electrons. The second-order valence-electron chi connectivity index (χ2n) is 3.81. The van der Waals surface area contributed by atoms with E-state index in [1.807, 2.05) is 6.92 Å². The summed E-state index contributed by atoms with van der Waals surface area (Å²) in [5.41, 5.74) is 1.02. The summed E-state index contributed by atoms with van der Waals surface area (Å²) >= 11 is 0. The van der Waals surface area contributed by atoms with Crippen LogP contribution in [0.3, 0.4) is 0 Å². The van der Waals surface area contributed by atoms with Crippen LogP contribution in [-0.2, 0) is 6.61 Å². The number of benzene rings is 1. The summed E-state index contributed by atoms with van der Waals surface area (Å²) < 4.78 is 10.4. The molecule has 0 amide bonds. The van der Waals surface area contributed by atoms with Gasteiger partial charge in [-0.05, 0) is 31.5 Å². The van der Waals surface area contributed by atoms with Gasteiger partial charge in [0.25, 0.3) is 5.89 Å². The quantitative estimate of drug-likeness (QED) is 0.890. The number of ether oxygens (including phenoxy) is 1. The van der Waals surface area contributed by atoms with Crippen molar-refractivity contribution in [3.05, 3.63) is 41.0 Å². The average molecular weight is 248 g/mol. The minimum atomic E-state index is -0.992. The topological polar surface area (TPSA) is 85.5 Å². The van der Waals surface area contributed by atoms with Crippen molar-refractivity contribution in [1.29, 1.82) is 0 Å². The van der Waals surface area contributed by atoms with E-state index in [2.05, 4.69) is 10.1 Å². The lowest BCUT2D eigenvalue weighted by molar-refractivity contribution is 0.0696. The summed E-state index contributed by atoms with van der Waals surface area (Å²) in [6.45, 7) is 3.66. The van der Waals surface area contributed by atoms with Crippen LogP contribution in [0.2, 0.25) is 0 Å². The Balaban J connectivity index is 2.13. The Labute approximate surface area is 103 Å². The fraction of sp³-hybridized carbons (Fsp3) is 0.250. The number of aryl methyl sites for hydroxylation is 2. The summed E-state index contributed by atoms with van der Waals surface area (Å²) in [5.74, 6) is 0.386. The van der Waals surface area contributed by atoms with Gasteiger partial charge in [0.05, 0.1) is 5.56 Å². The molecular weight excluding hydrogens is 236 g/mol.